The smallest absolute Gasteiger partial charge is 0.336 e. The molecule has 0 fully saturated rings. The molecule has 5 heteroatoms. The maximum atomic E-state index is 13.0. The molecule has 0 saturated carbocycles. The standard InChI is InChI=1S/C21H24ClNO3/c1-5-26-20(25)17-12(2)23-15-10-21(3,4)11-16(24)19(15)18(17)13-7-6-8-14(22)9-13/h6-9,18,23H,5,10-11H2,1-4H3/t18-/m0/s1. The summed E-state index contributed by atoms with van der Waals surface area (Å²) in [5.41, 5.74) is 3.52. The third-order valence-corrected chi connectivity index (χ3v) is 5.15. The highest BCUT2D eigenvalue weighted by molar-refractivity contribution is 6.30. The lowest BCUT2D eigenvalue weighted by Crippen LogP contribution is -2.38. The van der Waals surface area contributed by atoms with Crippen LogP contribution in [-0.2, 0) is 14.3 Å². The van der Waals surface area contributed by atoms with Crippen molar-refractivity contribution in [1.82, 2.24) is 5.32 Å². The summed E-state index contributed by atoms with van der Waals surface area (Å²) in [6, 6.07) is 7.36. The third-order valence-electron chi connectivity index (χ3n) is 4.92. The number of ether oxygens (including phenoxy) is 1. The zero-order chi connectivity index (χ0) is 19.1. The molecule has 0 aromatic heterocycles. The number of rotatable bonds is 3. The van der Waals surface area contributed by atoms with Crippen molar-refractivity contribution >= 4 is 23.4 Å². The summed E-state index contributed by atoms with van der Waals surface area (Å²) < 4.78 is 5.29. The van der Waals surface area contributed by atoms with Crippen LogP contribution in [0.5, 0.6) is 0 Å². The number of dihydropyridines is 1. The SMILES string of the molecule is CCOC(=O)C1=C(C)NC2=C(C(=O)CC(C)(C)C2)[C@H]1c1cccc(Cl)c1. The van der Waals surface area contributed by atoms with Gasteiger partial charge in [-0.2, -0.15) is 0 Å². The van der Waals surface area contributed by atoms with Crippen molar-refractivity contribution < 1.29 is 14.3 Å². The molecule has 0 unspecified atom stereocenters. The molecule has 1 aliphatic carbocycles. The first kappa shape index (κ1) is 18.7. The Balaban J connectivity index is 2.18. The molecule has 0 spiro atoms. The Morgan fingerprint density at radius 2 is 2.08 bits per heavy atom. The van der Waals surface area contributed by atoms with Crippen LogP contribution >= 0.6 is 11.6 Å². The summed E-state index contributed by atoms with van der Waals surface area (Å²) in [5.74, 6) is -0.776. The van der Waals surface area contributed by atoms with Crippen LogP contribution in [0.2, 0.25) is 5.02 Å². The van der Waals surface area contributed by atoms with E-state index in [1.165, 1.54) is 0 Å². The van der Waals surface area contributed by atoms with E-state index >= 15 is 0 Å². The van der Waals surface area contributed by atoms with Gasteiger partial charge in [-0.15, -0.1) is 0 Å². The van der Waals surface area contributed by atoms with Crippen molar-refractivity contribution in [2.45, 2.75) is 46.5 Å². The second-order valence-corrected chi connectivity index (χ2v) is 8.14. The molecule has 1 heterocycles. The van der Waals surface area contributed by atoms with Crippen LogP contribution in [0.15, 0.2) is 46.8 Å². The van der Waals surface area contributed by atoms with Crippen molar-refractivity contribution in [2.75, 3.05) is 6.61 Å². The molecule has 3 rings (SSSR count). The minimum Gasteiger partial charge on any atom is -0.463 e. The van der Waals surface area contributed by atoms with Gasteiger partial charge in [0.1, 0.15) is 0 Å². The van der Waals surface area contributed by atoms with Gasteiger partial charge in [-0.1, -0.05) is 37.6 Å². The van der Waals surface area contributed by atoms with E-state index in [2.05, 4.69) is 19.2 Å². The maximum absolute atomic E-state index is 13.0. The van der Waals surface area contributed by atoms with Crippen LogP contribution < -0.4 is 5.32 Å². The second-order valence-electron chi connectivity index (χ2n) is 7.71. The van der Waals surface area contributed by atoms with Gasteiger partial charge in [0.25, 0.3) is 0 Å². The number of nitrogens with one attached hydrogen (secondary N) is 1. The number of carbonyl (C=O) groups is 2. The molecule has 1 aromatic rings. The van der Waals surface area contributed by atoms with Crippen LogP contribution in [0.25, 0.3) is 0 Å². The normalized spacial score (nSPS) is 22.0. The van der Waals surface area contributed by atoms with Gasteiger partial charge in [-0.05, 0) is 43.4 Å². The highest BCUT2D eigenvalue weighted by Crippen LogP contribution is 2.46. The van der Waals surface area contributed by atoms with Gasteiger partial charge in [0.2, 0.25) is 0 Å². The molecule has 138 valence electrons. The van der Waals surface area contributed by atoms with Crippen LogP contribution in [0.4, 0.5) is 0 Å². The molecule has 1 atom stereocenters. The summed E-state index contributed by atoms with van der Waals surface area (Å²) >= 11 is 6.20. The molecule has 0 radical (unpaired) electrons. The van der Waals surface area contributed by atoms with E-state index in [1.807, 2.05) is 25.1 Å². The number of ketones is 1. The van der Waals surface area contributed by atoms with Crippen LogP contribution in [0, 0.1) is 5.41 Å². The zero-order valence-electron chi connectivity index (χ0n) is 15.6. The fraction of sp³-hybridized carbons (Fsp3) is 0.429. The van der Waals surface area contributed by atoms with Gasteiger partial charge in [0.15, 0.2) is 5.78 Å². The highest BCUT2D eigenvalue weighted by atomic mass is 35.5. The molecule has 0 bridgehead atoms. The zero-order valence-corrected chi connectivity index (χ0v) is 16.4. The van der Waals surface area contributed by atoms with Gasteiger partial charge in [-0.3, -0.25) is 4.79 Å². The van der Waals surface area contributed by atoms with Crippen molar-refractivity contribution in [3.8, 4) is 0 Å². The van der Waals surface area contributed by atoms with E-state index in [0.29, 0.717) is 22.6 Å². The minimum atomic E-state index is -0.451. The van der Waals surface area contributed by atoms with Crippen molar-refractivity contribution in [3.05, 3.63) is 57.4 Å². The maximum Gasteiger partial charge on any atom is 0.336 e. The van der Waals surface area contributed by atoms with E-state index in [0.717, 1.165) is 23.4 Å². The summed E-state index contributed by atoms with van der Waals surface area (Å²) in [4.78, 5) is 25.7. The van der Waals surface area contributed by atoms with Gasteiger partial charge >= 0.3 is 5.97 Å². The van der Waals surface area contributed by atoms with Gasteiger partial charge in [0.05, 0.1) is 12.2 Å². The Morgan fingerprint density at radius 1 is 1.35 bits per heavy atom. The van der Waals surface area contributed by atoms with E-state index < -0.39 is 11.9 Å². The molecular weight excluding hydrogens is 350 g/mol. The number of hydrogen-bond acceptors (Lipinski definition) is 4. The average molecular weight is 374 g/mol. The van der Waals surface area contributed by atoms with E-state index in [9.17, 15) is 9.59 Å². The first-order valence-corrected chi connectivity index (χ1v) is 9.28. The van der Waals surface area contributed by atoms with Crippen molar-refractivity contribution in [1.29, 1.82) is 0 Å². The number of benzene rings is 1. The molecule has 0 saturated heterocycles. The summed E-state index contributed by atoms with van der Waals surface area (Å²) in [5, 5.41) is 3.89. The molecule has 1 aliphatic heterocycles. The third kappa shape index (κ3) is 3.43. The predicted molar refractivity (Wildman–Crippen MR) is 102 cm³/mol. The first-order valence-electron chi connectivity index (χ1n) is 8.90. The van der Waals surface area contributed by atoms with Gasteiger partial charge in [-0.25, -0.2) is 4.79 Å². The van der Waals surface area contributed by atoms with Crippen LogP contribution in [0.3, 0.4) is 0 Å². The van der Waals surface area contributed by atoms with Crippen molar-refractivity contribution in [2.24, 2.45) is 5.41 Å². The largest absolute Gasteiger partial charge is 0.463 e. The molecule has 1 N–H and O–H groups in total. The summed E-state index contributed by atoms with van der Waals surface area (Å²) in [7, 11) is 0. The monoisotopic (exact) mass is 373 g/mol. The summed E-state index contributed by atoms with van der Waals surface area (Å²) in [6.45, 7) is 8.09. The molecule has 0 amide bonds. The van der Waals surface area contributed by atoms with Gasteiger partial charge < -0.3 is 10.1 Å². The Bertz CT molecular complexity index is 835. The summed E-state index contributed by atoms with van der Waals surface area (Å²) in [6.07, 6.45) is 1.22. The van der Waals surface area contributed by atoms with E-state index in [1.54, 1.807) is 13.0 Å². The van der Waals surface area contributed by atoms with Crippen LogP contribution in [0.1, 0.15) is 52.0 Å². The Kier molecular flexibility index (Phi) is 4.98. The highest BCUT2D eigenvalue weighted by Gasteiger charge is 2.43. The fourth-order valence-corrected chi connectivity index (χ4v) is 4.13. The second kappa shape index (κ2) is 6.92. The lowest BCUT2D eigenvalue weighted by atomic mass is 9.68. The molecule has 26 heavy (non-hydrogen) atoms. The Labute approximate surface area is 159 Å². The first-order chi connectivity index (χ1) is 12.2. The topological polar surface area (TPSA) is 55.4 Å². The molecular formula is C21H24ClNO3. The molecule has 4 nitrogen and oxygen atoms in total. The average Bonchev–Trinajstić information content (AvgIpc) is 2.52. The minimum absolute atomic E-state index is 0.0722. The van der Waals surface area contributed by atoms with Crippen molar-refractivity contribution in [3.63, 3.8) is 0 Å². The Morgan fingerprint density at radius 3 is 2.73 bits per heavy atom. The van der Waals surface area contributed by atoms with Crippen LogP contribution in [-0.4, -0.2) is 18.4 Å². The fourth-order valence-electron chi connectivity index (χ4n) is 3.93. The number of carbonyl (C=O) groups excluding carboxylic acids is 2. The van der Waals surface area contributed by atoms with E-state index in [-0.39, 0.29) is 17.8 Å². The number of hydrogen-bond donors (Lipinski definition) is 1. The number of Topliss-reactive ketones (excluding diaryl/α,β-unsaturated/α-hetero) is 1. The number of esters is 1. The molecule has 1 aromatic carbocycles. The lowest BCUT2D eigenvalue weighted by Gasteiger charge is -2.39. The lowest BCUT2D eigenvalue weighted by molar-refractivity contribution is -0.138. The Hall–Kier alpha value is -2.07. The van der Waals surface area contributed by atoms with E-state index in [4.69, 9.17) is 16.3 Å². The number of halogens is 1. The quantitative estimate of drug-likeness (QED) is 0.792. The van der Waals surface area contributed by atoms with Gasteiger partial charge in [0, 0.05) is 34.3 Å². The predicted octanol–water partition coefficient (Wildman–Crippen LogP) is 4.51. The molecule has 2 aliphatic rings. The number of allylic oxidation sites excluding steroid dienone is 3.